The molecule has 1 rings (SSSR count). The Morgan fingerprint density at radius 2 is 2.31 bits per heavy atom. The molecule has 0 saturated carbocycles. The summed E-state index contributed by atoms with van der Waals surface area (Å²) >= 11 is 6.00. The van der Waals surface area contributed by atoms with Gasteiger partial charge >= 0.3 is 0 Å². The van der Waals surface area contributed by atoms with E-state index in [4.69, 9.17) is 16.9 Å². The molecule has 1 aromatic carbocycles. The number of hydrogen-bond donors (Lipinski definition) is 0. The smallest absolute Gasteiger partial charge is 0.103 e. The van der Waals surface area contributed by atoms with Crippen LogP contribution in [-0.2, 0) is 0 Å². The molecule has 0 amide bonds. The van der Waals surface area contributed by atoms with E-state index in [0.29, 0.717) is 10.6 Å². The molecular formula is C13H15ClN2. The highest BCUT2D eigenvalue weighted by Gasteiger charge is 2.11. The van der Waals surface area contributed by atoms with Crippen molar-refractivity contribution >= 4 is 17.3 Å². The third kappa shape index (κ3) is 2.77. The van der Waals surface area contributed by atoms with Gasteiger partial charge in [0.2, 0.25) is 0 Å². The highest BCUT2D eigenvalue weighted by Crippen LogP contribution is 2.26. The molecule has 2 nitrogen and oxygen atoms in total. The fraction of sp³-hybridized carbons (Fsp3) is 0.308. The highest BCUT2D eigenvalue weighted by atomic mass is 35.5. The number of rotatable bonds is 5. The van der Waals surface area contributed by atoms with E-state index in [-0.39, 0.29) is 0 Å². The summed E-state index contributed by atoms with van der Waals surface area (Å²) in [5.74, 6) is 0. The van der Waals surface area contributed by atoms with E-state index in [1.807, 2.05) is 18.2 Å². The number of nitriles is 1. The standard InChI is InChI=1S/C13H15ClN2/c1-3-8-16(9-4-2)13-7-5-6-12(14)11(13)10-15/h3,5-7H,1,4,8-9H2,2H3. The Morgan fingerprint density at radius 1 is 1.56 bits per heavy atom. The Labute approximate surface area is 102 Å². The van der Waals surface area contributed by atoms with Crippen molar-refractivity contribution in [2.75, 3.05) is 18.0 Å². The highest BCUT2D eigenvalue weighted by molar-refractivity contribution is 6.32. The lowest BCUT2D eigenvalue weighted by Crippen LogP contribution is -2.24. The van der Waals surface area contributed by atoms with Crippen LogP contribution in [0.1, 0.15) is 18.9 Å². The average Bonchev–Trinajstić information content (AvgIpc) is 2.28. The Kier molecular flexibility index (Phi) is 4.88. The first-order chi connectivity index (χ1) is 7.74. The lowest BCUT2D eigenvalue weighted by atomic mass is 10.1. The van der Waals surface area contributed by atoms with Gasteiger partial charge in [-0.25, -0.2) is 0 Å². The monoisotopic (exact) mass is 234 g/mol. The van der Waals surface area contributed by atoms with Gasteiger partial charge < -0.3 is 4.90 Å². The number of nitrogens with zero attached hydrogens (tertiary/aromatic N) is 2. The molecule has 0 atom stereocenters. The van der Waals surface area contributed by atoms with E-state index in [0.717, 1.165) is 25.2 Å². The van der Waals surface area contributed by atoms with E-state index < -0.39 is 0 Å². The zero-order valence-corrected chi connectivity index (χ0v) is 10.2. The molecule has 0 aliphatic heterocycles. The molecule has 0 unspecified atom stereocenters. The van der Waals surface area contributed by atoms with E-state index in [2.05, 4.69) is 24.5 Å². The number of anilines is 1. The average molecular weight is 235 g/mol. The van der Waals surface area contributed by atoms with Gasteiger partial charge in [-0.15, -0.1) is 6.58 Å². The molecule has 16 heavy (non-hydrogen) atoms. The third-order valence-corrected chi connectivity index (χ3v) is 2.60. The van der Waals surface area contributed by atoms with Crippen LogP contribution in [-0.4, -0.2) is 13.1 Å². The molecule has 0 fully saturated rings. The van der Waals surface area contributed by atoms with Crippen molar-refractivity contribution < 1.29 is 0 Å². The van der Waals surface area contributed by atoms with Crippen molar-refractivity contribution in [3.63, 3.8) is 0 Å². The fourth-order valence-electron chi connectivity index (χ4n) is 1.62. The van der Waals surface area contributed by atoms with E-state index in [9.17, 15) is 0 Å². The van der Waals surface area contributed by atoms with Crippen LogP contribution in [0.5, 0.6) is 0 Å². The SMILES string of the molecule is C=CCN(CCC)c1cccc(Cl)c1C#N. The summed E-state index contributed by atoms with van der Waals surface area (Å²) in [4.78, 5) is 2.11. The van der Waals surface area contributed by atoms with Crippen molar-refractivity contribution in [1.29, 1.82) is 5.26 Å². The van der Waals surface area contributed by atoms with Crippen molar-refractivity contribution in [3.8, 4) is 6.07 Å². The van der Waals surface area contributed by atoms with Crippen LogP contribution in [0.2, 0.25) is 5.02 Å². The summed E-state index contributed by atoms with van der Waals surface area (Å²) in [6, 6.07) is 7.68. The van der Waals surface area contributed by atoms with Crippen molar-refractivity contribution in [3.05, 3.63) is 41.4 Å². The Balaban J connectivity index is 3.13. The second-order valence-electron chi connectivity index (χ2n) is 3.48. The second kappa shape index (κ2) is 6.19. The molecule has 1 aromatic rings. The van der Waals surface area contributed by atoms with Gasteiger partial charge in [0, 0.05) is 13.1 Å². The number of halogens is 1. The summed E-state index contributed by atoms with van der Waals surface area (Å²) in [5.41, 5.74) is 1.43. The molecule has 0 bridgehead atoms. The topological polar surface area (TPSA) is 27.0 Å². The number of hydrogen-bond acceptors (Lipinski definition) is 2. The van der Waals surface area contributed by atoms with Crippen LogP contribution in [0.4, 0.5) is 5.69 Å². The molecule has 0 aromatic heterocycles. The van der Waals surface area contributed by atoms with Gasteiger partial charge in [0.1, 0.15) is 6.07 Å². The van der Waals surface area contributed by atoms with E-state index in [1.165, 1.54) is 0 Å². The van der Waals surface area contributed by atoms with Crippen LogP contribution in [0, 0.1) is 11.3 Å². The zero-order valence-electron chi connectivity index (χ0n) is 9.41. The molecule has 0 heterocycles. The molecule has 3 heteroatoms. The Hall–Kier alpha value is -1.46. The fourth-order valence-corrected chi connectivity index (χ4v) is 1.83. The largest absolute Gasteiger partial charge is 0.367 e. The van der Waals surface area contributed by atoms with Crippen LogP contribution in [0.3, 0.4) is 0 Å². The summed E-state index contributed by atoms with van der Waals surface area (Å²) in [7, 11) is 0. The maximum Gasteiger partial charge on any atom is 0.103 e. The predicted octanol–water partition coefficient (Wildman–Crippen LogP) is 3.61. The molecule has 0 N–H and O–H groups in total. The lowest BCUT2D eigenvalue weighted by molar-refractivity contribution is 0.815. The second-order valence-corrected chi connectivity index (χ2v) is 3.89. The van der Waals surface area contributed by atoms with Crippen LogP contribution >= 0.6 is 11.6 Å². The minimum absolute atomic E-state index is 0.505. The molecule has 84 valence electrons. The van der Waals surface area contributed by atoms with Gasteiger partial charge in [0.15, 0.2) is 0 Å². The molecule has 0 radical (unpaired) electrons. The molecule has 0 aliphatic carbocycles. The van der Waals surface area contributed by atoms with Crippen LogP contribution < -0.4 is 4.90 Å². The van der Waals surface area contributed by atoms with Gasteiger partial charge in [-0.1, -0.05) is 30.7 Å². The van der Waals surface area contributed by atoms with Crippen LogP contribution in [0.25, 0.3) is 0 Å². The maximum atomic E-state index is 9.10. The minimum Gasteiger partial charge on any atom is -0.367 e. The third-order valence-electron chi connectivity index (χ3n) is 2.29. The van der Waals surface area contributed by atoms with Crippen molar-refractivity contribution in [2.24, 2.45) is 0 Å². The normalized spacial score (nSPS) is 9.56. The van der Waals surface area contributed by atoms with Gasteiger partial charge in [-0.3, -0.25) is 0 Å². The maximum absolute atomic E-state index is 9.10. The molecule has 0 saturated heterocycles. The zero-order chi connectivity index (χ0) is 12.0. The van der Waals surface area contributed by atoms with Gasteiger partial charge in [0.05, 0.1) is 16.3 Å². The first-order valence-corrected chi connectivity index (χ1v) is 5.66. The molecular weight excluding hydrogens is 220 g/mol. The summed E-state index contributed by atoms with van der Waals surface area (Å²) in [6.45, 7) is 7.45. The minimum atomic E-state index is 0.505. The van der Waals surface area contributed by atoms with E-state index >= 15 is 0 Å². The quantitative estimate of drug-likeness (QED) is 0.728. The first-order valence-electron chi connectivity index (χ1n) is 5.29. The summed E-state index contributed by atoms with van der Waals surface area (Å²) in [5, 5.41) is 9.60. The summed E-state index contributed by atoms with van der Waals surface area (Å²) in [6.07, 6.45) is 2.85. The predicted molar refractivity (Wildman–Crippen MR) is 68.9 cm³/mol. The van der Waals surface area contributed by atoms with Crippen molar-refractivity contribution in [2.45, 2.75) is 13.3 Å². The Morgan fingerprint density at radius 3 is 2.88 bits per heavy atom. The van der Waals surface area contributed by atoms with E-state index in [1.54, 1.807) is 6.07 Å². The number of benzene rings is 1. The Bertz CT molecular complexity index is 407. The first kappa shape index (κ1) is 12.6. The van der Waals surface area contributed by atoms with Crippen LogP contribution in [0.15, 0.2) is 30.9 Å². The van der Waals surface area contributed by atoms with Gasteiger partial charge in [0.25, 0.3) is 0 Å². The lowest BCUT2D eigenvalue weighted by Gasteiger charge is -2.24. The van der Waals surface area contributed by atoms with Crippen molar-refractivity contribution in [1.82, 2.24) is 0 Å². The van der Waals surface area contributed by atoms with Gasteiger partial charge in [-0.05, 0) is 18.6 Å². The molecule has 0 spiro atoms. The summed E-state index contributed by atoms with van der Waals surface area (Å²) < 4.78 is 0. The molecule has 0 aliphatic rings. The van der Waals surface area contributed by atoms with Gasteiger partial charge in [-0.2, -0.15) is 5.26 Å².